The first kappa shape index (κ1) is 14.4. The molecule has 0 atom stereocenters. The van der Waals surface area contributed by atoms with Crippen molar-refractivity contribution < 1.29 is 64.3 Å². The summed E-state index contributed by atoms with van der Waals surface area (Å²) < 4.78 is 36.5. The number of hydrogen-bond donors (Lipinski definition) is 0. The quantitative estimate of drug-likeness (QED) is 0.568. The number of aromatic nitrogens is 1. The van der Waals surface area contributed by atoms with Gasteiger partial charge in [-0.25, -0.2) is 0 Å². The van der Waals surface area contributed by atoms with E-state index in [1.807, 2.05) is 0 Å². The zero-order valence-corrected chi connectivity index (χ0v) is 11.1. The van der Waals surface area contributed by atoms with E-state index in [-0.39, 0.29) is 51.4 Å². The molecule has 2 nitrogen and oxygen atoms in total. The van der Waals surface area contributed by atoms with Crippen LogP contribution < -0.4 is 56.9 Å². The zero-order valence-electron chi connectivity index (χ0n) is 8.01. The summed E-state index contributed by atoms with van der Waals surface area (Å²) in [6.45, 7) is -3.46. The van der Waals surface area contributed by atoms with Crippen LogP contribution >= 0.6 is 0 Å². The third-order valence-electron chi connectivity index (χ3n) is 1.61. The zero-order chi connectivity index (χ0) is 10.1. The summed E-state index contributed by atoms with van der Waals surface area (Å²) in [6, 6.07) is 2.92. The van der Waals surface area contributed by atoms with Gasteiger partial charge in [0.2, 0.25) is 0 Å². The fraction of sp³-hybridized carbons (Fsp3) is 0.286. The summed E-state index contributed by atoms with van der Waals surface area (Å²) in [5.41, 5.74) is -0.260. The van der Waals surface area contributed by atoms with E-state index >= 15 is 0 Å². The van der Waals surface area contributed by atoms with Crippen LogP contribution in [0.25, 0.3) is 0 Å². The molecule has 0 saturated carbocycles. The Kier molecular flexibility index (Phi) is 5.68. The molecular formula is C7H8BF3KNO. The van der Waals surface area contributed by atoms with Gasteiger partial charge in [-0.1, -0.05) is 6.07 Å². The molecule has 0 fully saturated rings. The Morgan fingerprint density at radius 1 is 1.43 bits per heavy atom. The Hall–Kier alpha value is 0.441. The van der Waals surface area contributed by atoms with Crippen molar-refractivity contribution in [2.24, 2.45) is 0 Å². The van der Waals surface area contributed by atoms with Gasteiger partial charge in [-0.15, -0.1) is 0 Å². The molecule has 0 aliphatic heterocycles. The molecule has 0 unspecified atom stereocenters. The van der Waals surface area contributed by atoms with Gasteiger partial charge in [0.1, 0.15) is 0 Å². The van der Waals surface area contributed by atoms with Gasteiger partial charge in [-0.05, 0) is 19.4 Å². The minimum atomic E-state index is -4.95. The van der Waals surface area contributed by atoms with Crippen LogP contribution in [0, 0.1) is 6.92 Å². The standard InChI is InChI=1S/C7H8BF3NO.K/c1-6-3-2-4-12(7(6)13)5-8(9,10)11;/h2-4H,5H2,1H3;/q-1;+1. The first-order chi connectivity index (χ1) is 5.90. The predicted octanol–water partition coefficient (Wildman–Crippen LogP) is -1.45. The van der Waals surface area contributed by atoms with Crippen molar-refractivity contribution >= 4 is 6.98 Å². The average Bonchev–Trinajstić information content (AvgIpc) is 1.96. The third-order valence-corrected chi connectivity index (χ3v) is 1.61. The molecule has 0 aromatic carbocycles. The number of aryl methyl sites for hydroxylation is 1. The molecule has 0 aliphatic rings. The van der Waals surface area contributed by atoms with Gasteiger partial charge in [0.25, 0.3) is 5.56 Å². The van der Waals surface area contributed by atoms with Crippen molar-refractivity contribution in [3.8, 4) is 0 Å². The summed E-state index contributed by atoms with van der Waals surface area (Å²) in [5, 5.41) is 0. The van der Waals surface area contributed by atoms with Crippen LogP contribution in [0.3, 0.4) is 0 Å². The van der Waals surface area contributed by atoms with Gasteiger partial charge in [0.15, 0.2) is 0 Å². The van der Waals surface area contributed by atoms with Crippen molar-refractivity contribution in [3.05, 3.63) is 34.2 Å². The Bertz CT molecular complexity index is 363. The summed E-state index contributed by atoms with van der Waals surface area (Å²) >= 11 is 0. The summed E-state index contributed by atoms with van der Waals surface area (Å²) in [6.07, 6.45) is -0.0227. The van der Waals surface area contributed by atoms with Gasteiger partial charge >= 0.3 is 58.4 Å². The third kappa shape index (κ3) is 4.31. The molecule has 1 rings (SSSR count). The van der Waals surface area contributed by atoms with Gasteiger partial charge in [0, 0.05) is 11.8 Å². The molecular weight excluding hydrogens is 221 g/mol. The molecule has 0 bridgehead atoms. The average molecular weight is 229 g/mol. The normalized spacial score (nSPS) is 10.9. The van der Waals surface area contributed by atoms with E-state index in [9.17, 15) is 17.7 Å². The van der Waals surface area contributed by atoms with Crippen molar-refractivity contribution in [1.29, 1.82) is 0 Å². The van der Waals surface area contributed by atoms with Crippen molar-refractivity contribution in [2.45, 2.75) is 13.4 Å². The van der Waals surface area contributed by atoms with Gasteiger partial charge in [-0.2, -0.15) is 0 Å². The molecule has 1 aromatic rings. The number of nitrogens with zero attached hydrogens (tertiary/aromatic N) is 1. The van der Waals surface area contributed by atoms with Crippen LogP contribution in [0.2, 0.25) is 0 Å². The van der Waals surface area contributed by atoms with Crippen LogP contribution in [0.5, 0.6) is 0 Å². The van der Waals surface area contributed by atoms with Crippen molar-refractivity contribution in [1.82, 2.24) is 4.57 Å². The van der Waals surface area contributed by atoms with E-state index in [1.165, 1.54) is 19.1 Å². The van der Waals surface area contributed by atoms with Crippen LogP contribution in [0.4, 0.5) is 12.9 Å². The summed E-state index contributed by atoms with van der Waals surface area (Å²) in [7, 11) is 0. The van der Waals surface area contributed by atoms with Crippen LogP contribution in [-0.4, -0.2) is 11.5 Å². The second-order valence-electron chi connectivity index (χ2n) is 2.86. The molecule has 0 amide bonds. The van der Waals surface area contributed by atoms with E-state index in [0.717, 1.165) is 6.20 Å². The Morgan fingerprint density at radius 3 is 2.50 bits per heavy atom. The molecule has 0 radical (unpaired) electrons. The Balaban J connectivity index is 0.00000169. The fourth-order valence-electron chi connectivity index (χ4n) is 1.02. The molecule has 72 valence electrons. The molecule has 7 heteroatoms. The monoisotopic (exact) mass is 229 g/mol. The SMILES string of the molecule is Cc1cccn(C[B-](F)(F)F)c1=O.[K+]. The maximum Gasteiger partial charge on any atom is 1.00 e. The minimum absolute atomic E-state index is 0. The molecule has 0 spiro atoms. The molecule has 14 heavy (non-hydrogen) atoms. The smallest absolute Gasteiger partial charge is 0.448 e. The number of pyridine rings is 1. The van der Waals surface area contributed by atoms with Crippen LogP contribution in [0.15, 0.2) is 23.1 Å². The molecule has 1 aromatic heterocycles. The first-order valence-electron chi connectivity index (χ1n) is 3.77. The van der Waals surface area contributed by atoms with Crippen molar-refractivity contribution in [3.63, 3.8) is 0 Å². The van der Waals surface area contributed by atoms with Gasteiger partial charge < -0.3 is 17.5 Å². The first-order valence-corrected chi connectivity index (χ1v) is 3.77. The van der Waals surface area contributed by atoms with E-state index in [1.54, 1.807) is 0 Å². The number of hydrogen-bond acceptors (Lipinski definition) is 1. The van der Waals surface area contributed by atoms with E-state index in [4.69, 9.17) is 0 Å². The summed E-state index contributed by atoms with van der Waals surface area (Å²) in [5.74, 6) is 0. The molecule has 1 heterocycles. The maximum absolute atomic E-state index is 12.0. The van der Waals surface area contributed by atoms with E-state index in [2.05, 4.69) is 0 Å². The van der Waals surface area contributed by atoms with E-state index < -0.39 is 19.0 Å². The predicted molar refractivity (Wildman–Crippen MR) is 44.5 cm³/mol. The Morgan fingerprint density at radius 2 is 2.00 bits per heavy atom. The maximum atomic E-state index is 12.0. The molecule has 0 N–H and O–H groups in total. The van der Waals surface area contributed by atoms with E-state index in [0.29, 0.717) is 10.1 Å². The fourth-order valence-corrected chi connectivity index (χ4v) is 1.02. The number of halogens is 3. The second kappa shape index (κ2) is 5.50. The van der Waals surface area contributed by atoms with Crippen LogP contribution in [-0.2, 0) is 6.44 Å². The number of rotatable bonds is 2. The molecule has 0 saturated heterocycles. The van der Waals surface area contributed by atoms with Crippen LogP contribution in [0.1, 0.15) is 5.56 Å². The van der Waals surface area contributed by atoms with Crippen molar-refractivity contribution in [2.75, 3.05) is 0 Å². The largest absolute Gasteiger partial charge is 1.00 e. The van der Waals surface area contributed by atoms with Gasteiger partial charge in [0.05, 0.1) is 0 Å². The van der Waals surface area contributed by atoms with Gasteiger partial charge in [-0.3, -0.25) is 4.79 Å². The topological polar surface area (TPSA) is 22.0 Å². The second-order valence-corrected chi connectivity index (χ2v) is 2.86. The summed E-state index contributed by atoms with van der Waals surface area (Å²) in [4.78, 5) is 11.1. The minimum Gasteiger partial charge on any atom is -0.448 e. The molecule has 0 aliphatic carbocycles. The Labute approximate surface area is 122 Å².